The Balaban J connectivity index is 1.59. The van der Waals surface area contributed by atoms with Crippen molar-refractivity contribution in [2.45, 2.75) is 19.9 Å². The fourth-order valence-electron chi connectivity index (χ4n) is 3.33. The lowest BCUT2D eigenvalue weighted by Crippen LogP contribution is -2.49. The molecule has 1 fully saturated rings. The number of carbonyl (C=O) groups excluding carboxylic acids is 2. The first kappa shape index (κ1) is 20.5. The first-order valence-corrected chi connectivity index (χ1v) is 10.5. The minimum atomic E-state index is -0.634. The summed E-state index contributed by atoms with van der Waals surface area (Å²) < 4.78 is 0. The Morgan fingerprint density at radius 1 is 1.07 bits per heavy atom. The minimum Gasteiger partial charge on any atom is -0.346 e. The Morgan fingerprint density at radius 2 is 1.82 bits per heavy atom. The number of anilines is 1. The molecule has 2 N–H and O–H groups in total. The van der Waals surface area contributed by atoms with Gasteiger partial charge in [0, 0.05) is 38.4 Å². The highest BCUT2D eigenvalue weighted by molar-refractivity contribution is 7.08. The highest BCUT2D eigenvalue weighted by atomic mass is 32.1. The number of amides is 2. The molecule has 2 amide bonds. The molecule has 2 heterocycles. The normalized spacial score (nSPS) is 16.5. The van der Waals surface area contributed by atoms with Gasteiger partial charge in [0.1, 0.15) is 0 Å². The summed E-state index contributed by atoms with van der Waals surface area (Å²) >= 11 is 1.65. The van der Waals surface area contributed by atoms with E-state index in [1.54, 1.807) is 11.3 Å². The van der Waals surface area contributed by atoms with E-state index >= 15 is 0 Å². The van der Waals surface area contributed by atoms with Crippen LogP contribution in [0.5, 0.6) is 0 Å². The monoisotopic (exact) mass is 400 g/mol. The number of benzene rings is 1. The van der Waals surface area contributed by atoms with E-state index in [1.807, 2.05) is 37.4 Å². The number of rotatable bonds is 5. The van der Waals surface area contributed by atoms with Crippen molar-refractivity contribution < 1.29 is 9.59 Å². The van der Waals surface area contributed by atoms with Crippen LogP contribution in [0.3, 0.4) is 0 Å². The first-order valence-electron chi connectivity index (χ1n) is 9.55. The molecule has 0 spiro atoms. The van der Waals surface area contributed by atoms with Crippen LogP contribution in [0.4, 0.5) is 5.69 Å². The van der Waals surface area contributed by atoms with Crippen molar-refractivity contribution in [3.05, 3.63) is 51.7 Å². The number of nitrogens with one attached hydrogen (secondary N) is 2. The SMILES string of the molecule is Cc1ccc(NC(=O)C(=O)NC[C@@H](c2ccsc2)N2CCN(C)CC2)cc1C. The Hall–Kier alpha value is -2.22. The highest BCUT2D eigenvalue weighted by Gasteiger charge is 2.25. The molecule has 1 saturated heterocycles. The van der Waals surface area contributed by atoms with Gasteiger partial charge in [-0.05, 0) is 66.5 Å². The molecule has 1 atom stereocenters. The third-order valence-electron chi connectivity index (χ3n) is 5.33. The van der Waals surface area contributed by atoms with Gasteiger partial charge in [0.25, 0.3) is 0 Å². The molecular weight excluding hydrogens is 372 g/mol. The van der Waals surface area contributed by atoms with Crippen molar-refractivity contribution in [3.8, 4) is 0 Å². The third-order valence-corrected chi connectivity index (χ3v) is 6.04. The lowest BCUT2D eigenvalue weighted by atomic mass is 10.1. The van der Waals surface area contributed by atoms with Gasteiger partial charge in [-0.3, -0.25) is 14.5 Å². The maximum absolute atomic E-state index is 12.4. The standard InChI is InChI=1S/C21H28N4O2S/c1-15-4-5-18(12-16(15)2)23-21(27)20(26)22-13-19(17-6-11-28-14-17)25-9-7-24(3)8-10-25/h4-6,11-12,14,19H,7-10,13H2,1-3H3,(H,22,26)(H,23,27)/t19-/m0/s1. The van der Waals surface area contributed by atoms with Crippen LogP contribution < -0.4 is 10.6 Å². The average Bonchev–Trinajstić information content (AvgIpc) is 3.20. The molecule has 0 aliphatic carbocycles. The van der Waals surface area contributed by atoms with Crippen LogP contribution in [0.25, 0.3) is 0 Å². The molecule has 0 saturated carbocycles. The molecule has 0 bridgehead atoms. The van der Waals surface area contributed by atoms with Crippen LogP contribution >= 0.6 is 11.3 Å². The van der Waals surface area contributed by atoms with Crippen LogP contribution in [0.15, 0.2) is 35.0 Å². The fraction of sp³-hybridized carbons (Fsp3) is 0.429. The zero-order valence-electron chi connectivity index (χ0n) is 16.7. The van der Waals surface area contributed by atoms with Gasteiger partial charge in [0.05, 0.1) is 6.04 Å². The number of hydrogen-bond acceptors (Lipinski definition) is 5. The van der Waals surface area contributed by atoms with Crippen molar-refractivity contribution in [3.63, 3.8) is 0 Å². The van der Waals surface area contributed by atoms with Gasteiger partial charge in [0.15, 0.2) is 0 Å². The molecule has 0 unspecified atom stereocenters. The number of thiophene rings is 1. The second kappa shape index (κ2) is 9.32. The molecular formula is C21H28N4O2S. The van der Waals surface area contributed by atoms with Crippen LogP contribution in [0.2, 0.25) is 0 Å². The minimum absolute atomic E-state index is 0.0818. The molecule has 2 aromatic rings. The number of likely N-dealkylation sites (N-methyl/N-ethyl adjacent to an activating group) is 1. The molecule has 1 aliphatic heterocycles. The molecule has 0 radical (unpaired) electrons. The van der Waals surface area contributed by atoms with E-state index in [0.717, 1.165) is 37.3 Å². The molecule has 7 heteroatoms. The highest BCUT2D eigenvalue weighted by Crippen LogP contribution is 2.23. The van der Waals surface area contributed by atoms with Gasteiger partial charge in [-0.25, -0.2) is 0 Å². The summed E-state index contributed by atoms with van der Waals surface area (Å²) in [5.74, 6) is -1.24. The second-order valence-corrected chi connectivity index (χ2v) is 8.15. The van der Waals surface area contributed by atoms with Crippen LogP contribution in [0, 0.1) is 13.8 Å². The number of carbonyl (C=O) groups is 2. The quantitative estimate of drug-likeness (QED) is 0.757. The van der Waals surface area contributed by atoms with Crippen LogP contribution in [0.1, 0.15) is 22.7 Å². The van der Waals surface area contributed by atoms with E-state index in [9.17, 15) is 9.59 Å². The van der Waals surface area contributed by atoms with Crippen molar-refractivity contribution in [2.24, 2.45) is 0 Å². The molecule has 3 rings (SSSR count). The van der Waals surface area contributed by atoms with E-state index in [1.165, 1.54) is 5.56 Å². The zero-order valence-corrected chi connectivity index (χ0v) is 17.5. The van der Waals surface area contributed by atoms with Crippen molar-refractivity contribution >= 4 is 28.8 Å². The number of piperazine rings is 1. The molecule has 28 heavy (non-hydrogen) atoms. The van der Waals surface area contributed by atoms with Crippen molar-refractivity contribution in [1.82, 2.24) is 15.1 Å². The summed E-state index contributed by atoms with van der Waals surface area (Å²) in [7, 11) is 2.12. The lowest BCUT2D eigenvalue weighted by Gasteiger charge is -2.37. The zero-order chi connectivity index (χ0) is 20.1. The Kier molecular flexibility index (Phi) is 6.83. The molecule has 1 aliphatic rings. The van der Waals surface area contributed by atoms with Crippen LogP contribution in [-0.2, 0) is 9.59 Å². The van der Waals surface area contributed by atoms with E-state index in [0.29, 0.717) is 12.2 Å². The number of hydrogen-bond donors (Lipinski definition) is 2. The molecule has 1 aromatic heterocycles. The smallest absolute Gasteiger partial charge is 0.313 e. The predicted octanol–water partition coefficient (Wildman–Crippen LogP) is 2.41. The summed E-state index contributed by atoms with van der Waals surface area (Å²) in [5, 5.41) is 9.67. The topological polar surface area (TPSA) is 64.7 Å². The fourth-order valence-corrected chi connectivity index (χ4v) is 4.04. The maximum Gasteiger partial charge on any atom is 0.313 e. The second-order valence-electron chi connectivity index (χ2n) is 7.37. The largest absolute Gasteiger partial charge is 0.346 e. The molecule has 1 aromatic carbocycles. The molecule has 6 nitrogen and oxygen atoms in total. The van der Waals surface area contributed by atoms with Crippen molar-refractivity contribution in [1.29, 1.82) is 0 Å². The average molecular weight is 401 g/mol. The summed E-state index contributed by atoms with van der Waals surface area (Å²) in [6, 6.07) is 7.79. The Labute approximate surface area is 170 Å². The van der Waals surface area contributed by atoms with Gasteiger partial charge >= 0.3 is 11.8 Å². The van der Waals surface area contributed by atoms with Gasteiger partial charge in [-0.2, -0.15) is 11.3 Å². The summed E-state index contributed by atoms with van der Waals surface area (Å²) in [6.45, 7) is 8.30. The lowest BCUT2D eigenvalue weighted by molar-refractivity contribution is -0.136. The first-order chi connectivity index (χ1) is 13.4. The van der Waals surface area contributed by atoms with Gasteiger partial charge < -0.3 is 15.5 Å². The Bertz CT molecular complexity index is 814. The van der Waals surface area contributed by atoms with Gasteiger partial charge in [-0.15, -0.1) is 0 Å². The summed E-state index contributed by atoms with van der Waals surface area (Å²) in [6.07, 6.45) is 0. The third kappa shape index (κ3) is 5.19. The summed E-state index contributed by atoms with van der Waals surface area (Å²) in [5.41, 5.74) is 4.04. The molecule has 150 valence electrons. The Morgan fingerprint density at radius 3 is 2.46 bits per heavy atom. The van der Waals surface area contributed by atoms with Crippen molar-refractivity contribution in [2.75, 3.05) is 45.1 Å². The van der Waals surface area contributed by atoms with E-state index in [4.69, 9.17) is 0 Å². The summed E-state index contributed by atoms with van der Waals surface area (Å²) in [4.78, 5) is 29.3. The van der Waals surface area contributed by atoms with E-state index < -0.39 is 11.8 Å². The number of nitrogens with zero attached hydrogens (tertiary/aromatic N) is 2. The van der Waals surface area contributed by atoms with E-state index in [2.05, 4.69) is 38.9 Å². The van der Waals surface area contributed by atoms with Gasteiger partial charge in [-0.1, -0.05) is 6.07 Å². The number of aryl methyl sites for hydroxylation is 2. The van der Waals surface area contributed by atoms with Gasteiger partial charge in [0.2, 0.25) is 0 Å². The predicted molar refractivity (Wildman–Crippen MR) is 114 cm³/mol. The maximum atomic E-state index is 12.4. The van der Waals surface area contributed by atoms with E-state index in [-0.39, 0.29) is 6.04 Å². The van der Waals surface area contributed by atoms with Crippen LogP contribution in [-0.4, -0.2) is 61.4 Å².